The van der Waals surface area contributed by atoms with Crippen molar-refractivity contribution in [3.8, 4) is 11.8 Å². The number of carbonyl (C=O) groups is 1. The van der Waals surface area contributed by atoms with Gasteiger partial charge >= 0.3 is 0 Å². The molecule has 2 heterocycles. The van der Waals surface area contributed by atoms with Crippen LogP contribution in [0.4, 0.5) is 5.82 Å². The van der Waals surface area contributed by atoms with Gasteiger partial charge in [0.05, 0.1) is 6.20 Å². The normalized spacial score (nSPS) is 10.4. The molecule has 2 aromatic heterocycles. The number of aromatic nitrogens is 4. The first-order valence-corrected chi connectivity index (χ1v) is 7.94. The minimum absolute atomic E-state index is 0.186. The van der Waals surface area contributed by atoms with Crippen LogP contribution >= 0.6 is 0 Å². The maximum Gasteiger partial charge on any atom is 0.277 e. The second-order valence-corrected chi connectivity index (χ2v) is 5.93. The summed E-state index contributed by atoms with van der Waals surface area (Å²) in [6, 6.07) is 9.52. The summed E-state index contributed by atoms with van der Waals surface area (Å²) in [4.78, 5) is 12.3. The van der Waals surface area contributed by atoms with Gasteiger partial charge in [-0.3, -0.25) is 9.48 Å². The third-order valence-corrected chi connectivity index (χ3v) is 3.72. The number of nitrogens with one attached hydrogen (secondary N) is 1. The SMILES string of the molecule is Cc1cc(C)cc(OCn2ccc(C(=O)Nc3c(C#N)cnn3C)n2)c1. The van der Waals surface area contributed by atoms with Crippen molar-refractivity contribution in [1.29, 1.82) is 5.26 Å². The Morgan fingerprint density at radius 2 is 2.04 bits per heavy atom. The maximum atomic E-state index is 12.3. The number of aryl methyl sites for hydroxylation is 3. The highest BCUT2D eigenvalue weighted by Crippen LogP contribution is 2.17. The van der Waals surface area contributed by atoms with E-state index in [1.54, 1.807) is 19.3 Å². The Morgan fingerprint density at radius 3 is 2.73 bits per heavy atom. The zero-order valence-corrected chi connectivity index (χ0v) is 14.7. The largest absolute Gasteiger partial charge is 0.471 e. The first kappa shape index (κ1) is 17.2. The average molecular weight is 350 g/mol. The number of carbonyl (C=O) groups excluding carboxylic acids is 1. The van der Waals surface area contributed by atoms with Crippen LogP contribution in [0.1, 0.15) is 27.2 Å². The van der Waals surface area contributed by atoms with Gasteiger partial charge in [0.2, 0.25) is 0 Å². The minimum Gasteiger partial charge on any atom is -0.471 e. The molecular weight excluding hydrogens is 332 g/mol. The molecule has 0 fully saturated rings. The maximum absolute atomic E-state index is 12.3. The van der Waals surface area contributed by atoms with Crippen LogP contribution in [-0.4, -0.2) is 25.5 Å². The number of nitrogens with zero attached hydrogens (tertiary/aromatic N) is 5. The van der Waals surface area contributed by atoms with Crippen molar-refractivity contribution < 1.29 is 9.53 Å². The standard InChI is InChI=1S/C18H18N6O2/c1-12-6-13(2)8-15(7-12)26-11-24-5-4-16(22-24)18(25)21-17-14(9-19)10-20-23(17)3/h4-8,10H,11H2,1-3H3,(H,21,25). The van der Waals surface area contributed by atoms with Gasteiger partial charge in [0.1, 0.15) is 23.2 Å². The Hall–Kier alpha value is -3.60. The summed E-state index contributed by atoms with van der Waals surface area (Å²) < 4.78 is 8.68. The number of benzene rings is 1. The highest BCUT2D eigenvalue weighted by Gasteiger charge is 2.15. The average Bonchev–Trinajstić information content (AvgIpc) is 3.20. The van der Waals surface area contributed by atoms with E-state index in [0.29, 0.717) is 11.4 Å². The van der Waals surface area contributed by atoms with E-state index >= 15 is 0 Å². The van der Waals surface area contributed by atoms with Crippen molar-refractivity contribution in [2.24, 2.45) is 7.05 Å². The first-order chi connectivity index (χ1) is 12.5. The van der Waals surface area contributed by atoms with Gasteiger partial charge in [-0.2, -0.15) is 15.5 Å². The van der Waals surface area contributed by atoms with Crippen LogP contribution in [0.15, 0.2) is 36.7 Å². The van der Waals surface area contributed by atoms with E-state index in [0.717, 1.165) is 16.9 Å². The fraction of sp³-hybridized carbons (Fsp3) is 0.222. The molecule has 132 valence electrons. The number of amides is 1. The second kappa shape index (κ2) is 7.11. The lowest BCUT2D eigenvalue weighted by Gasteiger charge is -2.08. The van der Waals surface area contributed by atoms with E-state index in [1.165, 1.54) is 15.6 Å². The minimum atomic E-state index is -0.421. The molecule has 0 atom stereocenters. The molecule has 0 aliphatic heterocycles. The smallest absolute Gasteiger partial charge is 0.277 e. The van der Waals surface area contributed by atoms with Gasteiger partial charge in [-0.05, 0) is 43.2 Å². The van der Waals surface area contributed by atoms with E-state index < -0.39 is 5.91 Å². The molecule has 8 nitrogen and oxygen atoms in total. The molecule has 0 bridgehead atoms. The molecule has 3 aromatic rings. The van der Waals surface area contributed by atoms with E-state index in [1.807, 2.05) is 32.0 Å². The molecule has 0 spiro atoms. The fourth-order valence-electron chi connectivity index (χ4n) is 2.55. The Morgan fingerprint density at radius 1 is 1.31 bits per heavy atom. The van der Waals surface area contributed by atoms with Crippen LogP contribution in [0.2, 0.25) is 0 Å². The van der Waals surface area contributed by atoms with Gasteiger partial charge in [-0.25, -0.2) is 4.68 Å². The Bertz CT molecular complexity index is 975. The molecule has 1 N–H and O–H groups in total. The summed E-state index contributed by atoms with van der Waals surface area (Å²) in [5.41, 5.74) is 2.74. The lowest BCUT2D eigenvalue weighted by Crippen LogP contribution is -2.17. The highest BCUT2D eigenvalue weighted by molar-refractivity contribution is 6.02. The van der Waals surface area contributed by atoms with E-state index in [2.05, 4.69) is 21.6 Å². The van der Waals surface area contributed by atoms with Crippen molar-refractivity contribution in [3.63, 3.8) is 0 Å². The molecule has 1 aromatic carbocycles. The Balaban J connectivity index is 1.66. The molecular formula is C18H18N6O2. The summed E-state index contributed by atoms with van der Waals surface area (Å²) >= 11 is 0. The second-order valence-electron chi connectivity index (χ2n) is 5.93. The number of anilines is 1. The molecule has 0 saturated heterocycles. The topological polar surface area (TPSA) is 97.8 Å². The van der Waals surface area contributed by atoms with Crippen LogP contribution in [-0.2, 0) is 13.8 Å². The van der Waals surface area contributed by atoms with Crippen LogP contribution in [0.3, 0.4) is 0 Å². The molecule has 0 saturated carbocycles. The van der Waals surface area contributed by atoms with Gasteiger partial charge in [-0.1, -0.05) is 6.07 Å². The molecule has 0 radical (unpaired) electrons. The zero-order chi connectivity index (χ0) is 18.7. The number of hydrogen-bond donors (Lipinski definition) is 1. The van der Waals surface area contributed by atoms with Gasteiger partial charge in [-0.15, -0.1) is 0 Å². The predicted octanol–water partition coefficient (Wildman–Crippen LogP) is 2.39. The summed E-state index contributed by atoms with van der Waals surface area (Å²) in [6.07, 6.45) is 3.05. The van der Waals surface area contributed by atoms with Crippen molar-refractivity contribution in [2.75, 3.05) is 5.32 Å². The Kier molecular flexibility index (Phi) is 4.71. The van der Waals surface area contributed by atoms with Crippen LogP contribution < -0.4 is 10.1 Å². The summed E-state index contributed by atoms with van der Waals surface area (Å²) in [6.45, 7) is 4.19. The van der Waals surface area contributed by atoms with Crippen molar-refractivity contribution in [1.82, 2.24) is 19.6 Å². The first-order valence-electron chi connectivity index (χ1n) is 7.94. The van der Waals surface area contributed by atoms with E-state index in [9.17, 15) is 4.79 Å². The monoisotopic (exact) mass is 350 g/mol. The zero-order valence-electron chi connectivity index (χ0n) is 14.7. The van der Waals surface area contributed by atoms with Crippen LogP contribution in [0.5, 0.6) is 5.75 Å². The molecule has 0 aliphatic carbocycles. The predicted molar refractivity (Wildman–Crippen MR) is 94.6 cm³/mol. The van der Waals surface area contributed by atoms with Crippen molar-refractivity contribution >= 4 is 11.7 Å². The molecule has 0 aliphatic rings. The quantitative estimate of drug-likeness (QED) is 0.762. The number of hydrogen-bond acceptors (Lipinski definition) is 5. The van der Waals surface area contributed by atoms with E-state index in [-0.39, 0.29) is 12.4 Å². The van der Waals surface area contributed by atoms with Crippen molar-refractivity contribution in [2.45, 2.75) is 20.6 Å². The van der Waals surface area contributed by atoms with Gasteiger partial charge in [0.15, 0.2) is 12.4 Å². The van der Waals surface area contributed by atoms with Crippen molar-refractivity contribution in [3.05, 3.63) is 59.0 Å². The number of rotatable bonds is 5. The molecule has 0 unspecified atom stereocenters. The van der Waals surface area contributed by atoms with Crippen LogP contribution in [0, 0.1) is 25.2 Å². The summed E-state index contributed by atoms with van der Waals surface area (Å²) in [7, 11) is 1.65. The van der Waals surface area contributed by atoms with Gasteiger partial charge in [0, 0.05) is 13.2 Å². The van der Waals surface area contributed by atoms with Gasteiger partial charge in [0.25, 0.3) is 5.91 Å². The lowest BCUT2D eigenvalue weighted by molar-refractivity contribution is 0.101. The third-order valence-electron chi connectivity index (χ3n) is 3.72. The highest BCUT2D eigenvalue weighted by atomic mass is 16.5. The lowest BCUT2D eigenvalue weighted by atomic mass is 10.1. The summed E-state index contributed by atoms with van der Waals surface area (Å²) in [5, 5.41) is 19.8. The molecule has 26 heavy (non-hydrogen) atoms. The molecule has 8 heteroatoms. The Labute approximate surface area is 150 Å². The van der Waals surface area contributed by atoms with Crippen LogP contribution in [0.25, 0.3) is 0 Å². The van der Waals surface area contributed by atoms with E-state index in [4.69, 9.17) is 10.00 Å². The molecule has 1 amide bonds. The van der Waals surface area contributed by atoms with Gasteiger partial charge < -0.3 is 10.1 Å². The number of ether oxygens (including phenoxy) is 1. The molecule has 3 rings (SSSR count). The number of nitriles is 1. The summed E-state index contributed by atoms with van der Waals surface area (Å²) in [5.74, 6) is 0.659. The fourth-order valence-corrected chi connectivity index (χ4v) is 2.55. The third kappa shape index (κ3) is 3.72.